The number of likely N-dealkylation sites (tertiary alicyclic amines) is 1. The van der Waals surface area contributed by atoms with E-state index in [1.54, 1.807) is 12.3 Å². The van der Waals surface area contributed by atoms with E-state index in [4.69, 9.17) is 0 Å². The van der Waals surface area contributed by atoms with Gasteiger partial charge in [-0.25, -0.2) is 19.3 Å². The Kier molecular flexibility index (Phi) is 4.29. The summed E-state index contributed by atoms with van der Waals surface area (Å²) in [7, 11) is 0. The van der Waals surface area contributed by atoms with Gasteiger partial charge in [-0.05, 0) is 49.7 Å². The fourth-order valence-electron chi connectivity index (χ4n) is 3.78. The number of hydrogen-bond acceptors (Lipinski definition) is 5. The molecule has 5 rings (SSSR count). The maximum atomic E-state index is 13.5. The molecule has 1 saturated heterocycles. The average molecular weight is 374 g/mol. The van der Waals surface area contributed by atoms with Crippen LogP contribution in [-0.4, -0.2) is 36.4 Å². The number of H-pyrrole nitrogens is 1. The fraction of sp³-hybridized carbons (Fsp3) is 0.238. The minimum Gasteiger partial charge on any atom is -0.341 e. The second-order valence-electron chi connectivity index (χ2n) is 7.04. The third-order valence-corrected chi connectivity index (χ3v) is 5.13. The summed E-state index contributed by atoms with van der Waals surface area (Å²) in [5, 5.41) is 0. The molecule has 1 N–H and O–H groups in total. The van der Waals surface area contributed by atoms with Crippen molar-refractivity contribution in [1.82, 2.24) is 29.8 Å². The number of rotatable bonds is 4. The SMILES string of the molecule is Fc1ccc2nc(C3CCCN3Cc3cnc(-c4ccccn4)nc3)[nH]c2c1. The molecule has 1 aliphatic rings. The summed E-state index contributed by atoms with van der Waals surface area (Å²) in [6.45, 7) is 1.73. The van der Waals surface area contributed by atoms with Crippen molar-refractivity contribution in [3.05, 3.63) is 72.2 Å². The van der Waals surface area contributed by atoms with Crippen LogP contribution in [-0.2, 0) is 6.54 Å². The molecule has 28 heavy (non-hydrogen) atoms. The maximum Gasteiger partial charge on any atom is 0.178 e. The molecular formula is C21H19FN6. The van der Waals surface area contributed by atoms with Crippen molar-refractivity contribution < 1.29 is 4.39 Å². The van der Waals surface area contributed by atoms with Gasteiger partial charge in [0.1, 0.15) is 17.3 Å². The molecule has 0 spiro atoms. The lowest BCUT2D eigenvalue weighted by atomic mass is 10.2. The first-order valence-corrected chi connectivity index (χ1v) is 9.38. The van der Waals surface area contributed by atoms with Gasteiger partial charge in [0.15, 0.2) is 5.82 Å². The number of nitrogens with one attached hydrogen (secondary N) is 1. The van der Waals surface area contributed by atoms with Crippen molar-refractivity contribution >= 4 is 11.0 Å². The van der Waals surface area contributed by atoms with Gasteiger partial charge in [0.05, 0.1) is 17.1 Å². The Balaban J connectivity index is 1.35. The molecule has 0 amide bonds. The summed E-state index contributed by atoms with van der Waals surface area (Å²) >= 11 is 0. The standard InChI is InChI=1S/C21H19FN6/c22-15-6-7-16-18(10-15)27-21(26-16)19-5-3-9-28(19)13-14-11-24-20(25-12-14)17-4-1-2-8-23-17/h1-2,4,6-8,10-12,19H,3,5,9,13H2,(H,26,27). The first-order valence-electron chi connectivity index (χ1n) is 9.38. The second-order valence-corrected chi connectivity index (χ2v) is 7.04. The van der Waals surface area contributed by atoms with E-state index in [1.807, 2.05) is 30.6 Å². The molecule has 0 bridgehead atoms. The first-order chi connectivity index (χ1) is 13.8. The summed E-state index contributed by atoms with van der Waals surface area (Å²) in [6.07, 6.45) is 7.58. The first kappa shape index (κ1) is 16.9. The topological polar surface area (TPSA) is 70.6 Å². The number of nitrogens with zero attached hydrogens (tertiary/aromatic N) is 5. The Morgan fingerprint density at radius 1 is 1.11 bits per heavy atom. The van der Waals surface area contributed by atoms with E-state index in [-0.39, 0.29) is 11.9 Å². The predicted molar refractivity (Wildman–Crippen MR) is 104 cm³/mol. The van der Waals surface area contributed by atoms with Crippen molar-refractivity contribution in [2.75, 3.05) is 6.54 Å². The molecule has 4 aromatic rings. The molecule has 1 fully saturated rings. The Labute approximate surface area is 161 Å². The molecule has 6 nitrogen and oxygen atoms in total. The number of pyridine rings is 1. The minimum atomic E-state index is -0.254. The van der Waals surface area contributed by atoms with E-state index in [0.717, 1.165) is 54.0 Å². The third-order valence-electron chi connectivity index (χ3n) is 5.13. The highest BCUT2D eigenvalue weighted by Crippen LogP contribution is 2.32. The average Bonchev–Trinajstić information content (AvgIpc) is 3.35. The quantitative estimate of drug-likeness (QED) is 0.587. The number of hydrogen-bond donors (Lipinski definition) is 1. The van der Waals surface area contributed by atoms with Crippen LogP contribution in [0.25, 0.3) is 22.6 Å². The highest BCUT2D eigenvalue weighted by Gasteiger charge is 2.28. The van der Waals surface area contributed by atoms with Gasteiger partial charge in [0.2, 0.25) is 0 Å². The molecule has 1 unspecified atom stereocenters. The maximum absolute atomic E-state index is 13.5. The molecule has 4 heterocycles. The van der Waals surface area contributed by atoms with Crippen LogP contribution in [0.4, 0.5) is 4.39 Å². The lowest BCUT2D eigenvalue weighted by molar-refractivity contribution is 0.240. The van der Waals surface area contributed by atoms with Crippen molar-refractivity contribution in [3.8, 4) is 11.5 Å². The summed E-state index contributed by atoms with van der Waals surface area (Å²) in [5.74, 6) is 1.27. The van der Waals surface area contributed by atoms with Crippen LogP contribution < -0.4 is 0 Å². The van der Waals surface area contributed by atoms with Gasteiger partial charge in [-0.1, -0.05) is 6.07 Å². The third kappa shape index (κ3) is 3.25. The number of aromatic nitrogens is 5. The predicted octanol–water partition coefficient (Wildman–Crippen LogP) is 3.89. The van der Waals surface area contributed by atoms with Gasteiger partial charge >= 0.3 is 0 Å². The van der Waals surface area contributed by atoms with Gasteiger partial charge < -0.3 is 4.98 Å². The molecule has 3 aromatic heterocycles. The van der Waals surface area contributed by atoms with E-state index < -0.39 is 0 Å². The van der Waals surface area contributed by atoms with E-state index in [1.165, 1.54) is 12.1 Å². The molecular weight excluding hydrogens is 355 g/mol. The number of fused-ring (bicyclic) bond motifs is 1. The number of imidazole rings is 1. The summed E-state index contributed by atoms with van der Waals surface area (Å²) < 4.78 is 13.5. The molecule has 0 saturated carbocycles. The van der Waals surface area contributed by atoms with Crippen molar-refractivity contribution in [3.63, 3.8) is 0 Å². The normalized spacial score (nSPS) is 17.4. The molecule has 0 aliphatic carbocycles. The van der Waals surface area contributed by atoms with E-state index >= 15 is 0 Å². The highest BCUT2D eigenvalue weighted by molar-refractivity contribution is 5.75. The molecule has 1 aromatic carbocycles. The van der Waals surface area contributed by atoms with Crippen LogP contribution in [0.2, 0.25) is 0 Å². The molecule has 140 valence electrons. The van der Waals surface area contributed by atoms with Gasteiger partial charge in [0.25, 0.3) is 0 Å². The van der Waals surface area contributed by atoms with Crippen LogP contribution in [0.5, 0.6) is 0 Å². The summed E-state index contributed by atoms with van der Waals surface area (Å²) in [5.41, 5.74) is 3.35. The minimum absolute atomic E-state index is 0.186. The van der Waals surface area contributed by atoms with Crippen LogP contribution in [0.15, 0.2) is 55.0 Å². The van der Waals surface area contributed by atoms with E-state index in [2.05, 4.69) is 29.8 Å². The number of aromatic amines is 1. The molecule has 1 atom stereocenters. The van der Waals surface area contributed by atoms with Crippen LogP contribution in [0.3, 0.4) is 0 Å². The largest absolute Gasteiger partial charge is 0.341 e. The summed E-state index contributed by atoms with van der Waals surface area (Å²) in [4.78, 5) is 23.6. The molecule has 1 aliphatic heterocycles. The number of benzene rings is 1. The zero-order valence-corrected chi connectivity index (χ0v) is 15.2. The van der Waals surface area contributed by atoms with E-state index in [9.17, 15) is 4.39 Å². The smallest absolute Gasteiger partial charge is 0.178 e. The van der Waals surface area contributed by atoms with Crippen molar-refractivity contribution in [2.45, 2.75) is 25.4 Å². The number of halogens is 1. The van der Waals surface area contributed by atoms with Gasteiger partial charge in [-0.2, -0.15) is 0 Å². The second kappa shape index (κ2) is 7.09. The zero-order chi connectivity index (χ0) is 18.9. The monoisotopic (exact) mass is 374 g/mol. The fourth-order valence-corrected chi connectivity index (χ4v) is 3.78. The van der Waals surface area contributed by atoms with Crippen LogP contribution >= 0.6 is 0 Å². The zero-order valence-electron chi connectivity index (χ0n) is 15.2. The van der Waals surface area contributed by atoms with E-state index in [0.29, 0.717) is 5.82 Å². The molecule has 7 heteroatoms. The Morgan fingerprint density at radius 2 is 2.00 bits per heavy atom. The van der Waals surface area contributed by atoms with Crippen LogP contribution in [0, 0.1) is 5.82 Å². The lowest BCUT2D eigenvalue weighted by Crippen LogP contribution is -2.23. The Bertz CT molecular complexity index is 1090. The van der Waals surface area contributed by atoms with Crippen molar-refractivity contribution in [1.29, 1.82) is 0 Å². The lowest BCUT2D eigenvalue weighted by Gasteiger charge is -2.22. The van der Waals surface area contributed by atoms with Gasteiger partial charge in [-0.3, -0.25) is 9.88 Å². The van der Waals surface area contributed by atoms with Gasteiger partial charge in [0, 0.05) is 30.7 Å². The van der Waals surface area contributed by atoms with Crippen LogP contribution in [0.1, 0.15) is 30.3 Å². The Morgan fingerprint density at radius 3 is 2.82 bits per heavy atom. The summed E-state index contributed by atoms with van der Waals surface area (Å²) in [6, 6.07) is 10.5. The highest BCUT2D eigenvalue weighted by atomic mass is 19.1. The molecule has 0 radical (unpaired) electrons. The van der Waals surface area contributed by atoms with Crippen molar-refractivity contribution in [2.24, 2.45) is 0 Å². The Hall–Kier alpha value is -3.19. The van der Waals surface area contributed by atoms with Gasteiger partial charge in [-0.15, -0.1) is 0 Å².